The van der Waals surface area contributed by atoms with Gasteiger partial charge in [-0.15, -0.1) is 0 Å². The van der Waals surface area contributed by atoms with E-state index in [0.29, 0.717) is 27.7 Å². The monoisotopic (exact) mass is 378 g/mol. The van der Waals surface area contributed by atoms with E-state index in [9.17, 15) is 9.59 Å². The summed E-state index contributed by atoms with van der Waals surface area (Å²) in [6.07, 6.45) is 0.813. The van der Waals surface area contributed by atoms with Crippen molar-refractivity contribution in [2.75, 3.05) is 19.5 Å². The molecule has 0 aromatic carbocycles. The zero-order valence-electron chi connectivity index (χ0n) is 14.2. The van der Waals surface area contributed by atoms with Crippen LogP contribution in [0.4, 0.5) is 10.7 Å². The zero-order valence-corrected chi connectivity index (χ0v) is 14.9. The first-order valence-electron chi connectivity index (χ1n) is 7.43. The number of anilines is 1. The quantitative estimate of drug-likeness (QED) is 0.662. The average Bonchev–Trinajstić information content (AvgIpc) is 2.92. The van der Waals surface area contributed by atoms with Crippen molar-refractivity contribution in [1.29, 1.82) is 0 Å². The summed E-state index contributed by atoms with van der Waals surface area (Å²) in [5.41, 5.74) is 1.39. The van der Waals surface area contributed by atoms with Gasteiger partial charge in [0.05, 0.1) is 26.5 Å². The number of H-pyrrole nitrogens is 1. The Bertz CT molecular complexity index is 1040. The van der Waals surface area contributed by atoms with Crippen molar-refractivity contribution >= 4 is 34.7 Å². The predicted molar refractivity (Wildman–Crippen MR) is 93.8 cm³/mol. The van der Waals surface area contributed by atoms with Crippen molar-refractivity contribution in [2.24, 2.45) is 0 Å². The number of rotatable bonds is 4. The van der Waals surface area contributed by atoms with Crippen LogP contribution in [0.2, 0.25) is 5.15 Å². The molecule has 26 heavy (non-hydrogen) atoms. The lowest BCUT2D eigenvalue weighted by Gasteiger charge is -2.09. The highest BCUT2D eigenvalue weighted by atomic mass is 35.5. The number of pyridine rings is 1. The van der Waals surface area contributed by atoms with Gasteiger partial charge in [0.25, 0.3) is 5.56 Å². The minimum Gasteiger partial charge on any atom is -0.496 e. The molecule has 3 aromatic rings. The molecule has 0 unspecified atom stereocenters. The molecule has 2 N–H and O–H groups in total. The van der Waals surface area contributed by atoms with Crippen LogP contribution in [0.1, 0.15) is 11.3 Å². The number of carbonyl (C=O) groups is 1. The van der Waals surface area contributed by atoms with E-state index in [1.165, 1.54) is 18.9 Å². The fourth-order valence-corrected chi connectivity index (χ4v) is 2.62. The van der Waals surface area contributed by atoms with E-state index < -0.39 is 11.7 Å². The summed E-state index contributed by atoms with van der Waals surface area (Å²) in [6, 6.07) is 1.58. The number of halogens is 1. The molecule has 10 nitrogen and oxygen atoms in total. The second-order valence-electron chi connectivity index (χ2n) is 5.29. The summed E-state index contributed by atoms with van der Waals surface area (Å²) >= 11 is 5.87. The first-order valence-corrected chi connectivity index (χ1v) is 7.81. The maximum Gasteiger partial charge on any atom is 0.413 e. The van der Waals surface area contributed by atoms with Crippen LogP contribution in [0.25, 0.3) is 11.0 Å². The molecule has 0 bridgehead atoms. The molecule has 136 valence electrons. The third-order valence-corrected chi connectivity index (χ3v) is 3.83. The molecule has 0 saturated heterocycles. The van der Waals surface area contributed by atoms with E-state index in [-0.39, 0.29) is 18.0 Å². The van der Waals surface area contributed by atoms with Crippen molar-refractivity contribution in [3.8, 4) is 5.75 Å². The van der Waals surface area contributed by atoms with E-state index in [0.717, 1.165) is 0 Å². The first kappa shape index (κ1) is 17.7. The zero-order chi connectivity index (χ0) is 18.8. The topological polar surface area (TPSA) is 124 Å². The molecule has 0 spiro atoms. The Morgan fingerprint density at radius 3 is 2.88 bits per heavy atom. The first-order chi connectivity index (χ1) is 12.4. The number of ether oxygens (including phenoxy) is 2. The van der Waals surface area contributed by atoms with Crippen LogP contribution in [0.15, 0.2) is 17.1 Å². The molecule has 0 radical (unpaired) electrons. The van der Waals surface area contributed by atoms with Crippen molar-refractivity contribution in [1.82, 2.24) is 24.7 Å². The Labute approximate surface area is 152 Å². The van der Waals surface area contributed by atoms with Crippen molar-refractivity contribution in [3.63, 3.8) is 0 Å². The molecule has 0 aliphatic heterocycles. The predicted octanol–water partition coefficient (Wildman–Crippen LogP) is 1.71. The third-order valence-electron chi connectivity index (χ3n) is 3.62. The molecule has 0 saturated carbocycles. The van der Waals surface area contributed by atoms with Crippen molar-refractivity contribution in [2.45, 2.75) is 13.5 Å². The van der Waals surface area contributed by atoms with E-state index in [2.05, 4.69) is 30.1 Å². The number of aryl methyl sites for hydroxylation is 1. The molecule has 0 fully saturated rings. The highest BCUT2D eigenvalue weighted by Gasteiger charge is 2.17. The summed E-state index contributed by atoms with van der Waals surface area (Å²) in [7, 11) is 2.73. The number of nitrogens with one attached hydrogen (secondary N) is 2. The molecule has 3 aromatic heterocycles. The molecule has 0 aliphatic rings. The minimum absolute atomic E-state index is 0.0252. The number of amides is 1. The fraction of sp³-hybridized carbons (Fsp3) is 0.267. The van der Waals surface area contributed by atoms with Gasteiger partial charge in [0.2, 0.25) is 5.95 Å². The summed E-state index contributed by atoms with van der Waals surface area (Å²) in [6.45, 7) is 1.94. The molecule has 1 amide bonds. The van der Waals surface area contributed by atoms with Crippen LogP contribution in [-0.2, 0) is 11.3 Å². The van der Waals surface area contributed by atoms with Crippen LogP contribution in [0.5, 0.6) is 5.75 Å². The second kappa shape index (κ2) is 7.00. The number of nitrogens with zero attached hydrogens (tertiary/aromatic N) is 4. The number of aromatic amines is 1. The Kier molecular flexibility index (Phi) is 4.76. The lowest BCUT2D eigenvalue weighted by molar-refractivity contribution is 0.186. The van der Waals surface area contributed by atoms with Crippen LogP contribution < -0.4 is 15.6 Å². The largest absolute Gasteiger partial charge is 0.496 e. The third kappa shape index (κ3) is 3.31. The fourth-order valence-electron chi connectivity index (χ4n) is 2.47. The van der Waals surface area contributed by atoms with E-state index in [1.807, 2.05) is 0 Å². The van der Waals surface area contributed by atoms with Crippen LogP contribution in [0.3, 0.4) is 0 Å². The van der Waals surface area contributed by atoms with E-state index >= 15 is 0 Å². The minimum atomic E-state index is -0.741. The molecular formula is C15H15ClN6O4. The molecule has 11 heteroatoms. The normalized spacial score (nSPS) is 10.8. The maximum absolute atomic E-state index is 12.5. The lowest BCUT2D eigenvalue weighted by Crippen LogP contribution is -2.19. The Balaban J connectivity index is 2.06. The number of carbonyl (C=O) groups excluding carboxylic acids is 1. The summed E-state index contributed by atoms with van der Waals surface area (Å²) in [5, 5.41) is 6.98. The Hall–Kier alpha value is -3.14. The average molecular weight is 379 g/mol. The number of hydrogen-bond acceptors (Lipinski definition) is 7. The maximum atomic E-state index is 12.5. The molecule has 3 heterocycles. The van der Waals surface area contributed by atoms with Gasteiger partial charge in [-0.25, -0.2) is 14.8 Å². The van der Waals surface area contributed by atoms with Crippen LogP contribution in [-0.4, -0.2) is 45.0 Å². The molecule has 0 atom stereocenters. The van der Waals surface area contributed by atoms with Gasteiger partial charge < -0.3 is 9.47 Å². The van der Waals surface area contributed by atoms with E-state index in [4.69, 9.17) is 16.3 Å². The van der Waals surface area contributed by atoms with E-state index in [1.54, 1.807) is 19.2 Å². The number of fused-ring (bicyclic) bond motifs is 1. The number of methoxy groups -OCH3 is 2. The molecule has 0 aliphatic carbocycles. The van der Waals surface area contributed by atoms with Gasteiger partial charge >= 0.3 is 6.09 Å². The number of hydrogen-bond donors (Lipinski definition) is 2. The highest BCUT2D eigenvalue weighted by molar-refractivity contribution is 6.29. The van der Waals surface area contributed by atoms with Crippen LogP contribution in [0, 0.1) is 6.92 Å². The smallest absolute Gasteiger partial charge is 0.413 e. The SMILES string of the molecule is COC(=O)Nc1nc2c(C)nn(Cc3cnc(Cl)cc3OC)c2c(=O)[nH]1. The van der Waals surface area contributed by atoms with Crippen molar-refractivity contribution in [3.05, 3.63) is 39.0 Å². The Morgan fingerprint density at radius 2 is 2.19 bits per heavy atom. The van der Waals surface area contributed by atoms with Gasteiger partial charge in [-0.05, 0) is 6.92 Å². The van der Waals surface area contributed by atoms with Crippen LogP contribution >= 0.6 is 11.6 Å². The van der Waals surface area contributed by atoms with Gasteiger partial charge in [-0.1, -0.05) is 11.6 Å². The standard InChI is InChI=1S/C15H15ClN6O4/c1-7-11-12(13(23)19-14(18-11)20-15(24)26-3)22(21-7)6-8-5-17-10(16)4-9(8)25-2/h4-5H,6H2,1-3H3,(H2,18,19,20,23,24). The van der Waals surface area contributed by atoms with Gasteiger partial charge in [-0.3, -0.25) is 19.8 Å². The molecule has 3 rings (SSSR count). The summed E-state index contributed by atoms with van der Waals surface area (Å²) < 4.78 is 11.3. The van der Waals surface area contributed by atoms with Gasteiger partial charge in [0.1, 0.15) is 16.4 Å². The Morgan fingerprint density at radius 1 is 1.42 bits per heavy atom. The second-order valence-corrected chi connectivity index (χ2v) is 5.68. The highest BCUT2D eigenvalue weighted by Crippen LogP contribution is 2.23. The van der Waals surface area contributed by atoms with Gasteiger partial charge in [0, 0.05) is 17.8 Å². The van der Waals surface area contributed by atoms with Gasteiger partial charge in [0.15, 0.2) is 5.52 Å². The molecular weight excluding hydrogens is 364 g/mol. The summed E-state index contributed by atoms with van der Waals surface area (Å²) in [5.74, 6) is 0.502. The number of aromatic nitrogens is 5. The van der Waals surface area contributed by atoms with Crippen molar-refractivity contribution < 1.29 is 14.3 Å². The lowest BCUT2D eigenvalue weighted by atomic mass is 10.2. The summed E-state index contributed by atoms with van der Waals surface area (Å²) in [4.78, 5) is 34.5. The van der Waals surface area contributed by atoms with Gasteiger partial charge in [-0.2, -0.15) is 5.10 Å².